The van der Waals surface area contributed by atoms with Gasteiger partial charge >= 0.3 is 0 Å². The van der Waals surface area contributed by atoms with Gasteiger partial charge in [0.15, 0.2) is 0 Å². The molecule has 1 fully saturated rings. The molecule has 0 aliphatic heterocycles. The van der Waals surface area contributed by atoms with Crippen molar-refractivity contribution in [3.8, 4) is 11.1 Å². The van der Waals surface area contributed by atoms with Gasteiger partial charge in [-0.05, 0) is 77.1 Å². The number of hydrogen-bond acceptors (Lipinski definition) is 1. The lowest BCUT2D eigenvalue weighted by atomic mass is 9.89. The number of aromatic nitrogens is 1. The van der Waals surface area contributed by atoms with E-state index in [9.17, 15) is 4.39 Å². The molecule has 1 heterocycles. The number of halogens is 2. The van der Waals surface area contributed by atoms with Gasteiger partial charge in [0.05, 0.1) is 5.52 Å². The van der Waals surface area contributed by atoms with Gasteiger partial charge in [0.25, 0.3) is 0 Å². The Morgan fingerprint density at radius 1 is 0.659 bits per heavy atom. The summed E-state index contributed by atoms with van der Waals surface area (Å²) in [6.07, 6.45) is 3.12. The van der Waals surface area contributed by atoms with E-state index in [1.807, 2.05) is 12.1 Å². The van der Waals surface area contributed by atoms with Crippen LogP contribution in [0.15, 0.2) is 133 Å². The maximum absolute atomic E-state index is 14.0. The fraction of sp³-hybridized carbons (Fsp3) is 0.108. The molecule has 1 aromatic heterocycles. The quantitative estimate of drug-likeness (QED) is 0.163. The Bertz CT molecular complexity index is 1740. The smallest absolute Gasteiger partial charge is 0.123 e. The molecule has 0 unspecified atom stereocenters. The van der Waals surface area contributed by atoms with Gasteiger partial charge in [-0.25, -0.2) is 4.39 Å². The van der Waals surface area contributed by atoms with Crippen LogP contribution < -0.4 is 15.9 Å². The molecule has 202 valence electrons. The van der Waals surface area contributed by atoms with Crippen LogP contribution in [0, 0.1) is 5.82 Å². The lowest BCUT2D eigenvalue weighted by Crippen LogP contribution is -2.23. The van der Waals surface area contributed by atoms with Crippen LogP contribution in [-0.4, -0.2) is 4.98 Å². The Morgan fingerprint density at radius 3 is 1.90 bits per heavy atom. The van der Waals surface area contributed by atoms with Crippen LogP contribution in [0.4, 0.5) is 4.39 Å². The zero-order valence-corrected chi connectivity index (χ0v) is 25.2. The zero-order chi connectivity index (χ0) is 26.9. The summed E-state index contributed by atoms with van der Waals surface area (Å²) >= 11 is 0. The molecule has 4 heteroatoms. The van der Waals surface area contributed by atoms with Crippen LogP contribution >= 0.6 is 24.9 Å². The minimum atomic E-state index is -0.745. The number of nitrogens with zero attached hydrogens (tertiary/aromatic N) is 1. The summed E-state index contributed by atoms with van der Waals surface area (Å²) in [5.41, 5.74) is 7.04. The van der Waals surface area contributed by atoms with Gasteiger partial charge in [-0.3, -0.25) is 4.98 Å². The van der Waals surface area contributed by atoms with Gasteiger partial charge in [-0.1, -0.05) is 115 Å². The molecule has 0 spiro atoms. The fourth-order valence-corrected chi connectivity index (χ4v) is 8.21. The Kier molecular flexibility index (Phi) is 8.10. The fourth-order valence-electron chi connectivity index (χ4n) is 5.74. The largest absolute Gasteiger partial charge is 0.252 e. The highest BCUT2D eigenvalue weighted by Gasteiger charge is 2.31. The number of para-hydroxylation sites is 1. The van der Waals surface area contributed by atoms with Crippen LogP contribution in [0.5, 0.6) is 0 Å². The van der Waals surface area contributed by atoms with Crippen LogP contribution in [0.3, 0.4) is 0 Å². The lowest BCUT2D eigenvalue weighted by molar-refractivity contribution is 0.628. The highest BCUT2D eigenvalue weighted by molar-refractivity contribution is 8.93. The van der Waals surface area contributed by atoms with Crippen molar-refractivity contribution >= 4 is 51.7 Å². The topological polar surface area (TPSA) is 12.9 Å². The van der Waals surface area contributed by atoms with E-state index in [1.165, 1.54) is 51.1 Å². The van der Waals surface area contributed by atoms with Crippen LogP contribution in [0.1, 0.15) is 35.6 Å². The van der Waals surface area contributed by atoms with Gasteiger partial charge in [0.2, 0.25) is 0 Å². The molecule has 1 nitrogen and oxygen atoms in total. The Balaban J connectivity index is 0.00000302. The first-order valence-corrected chi connectivity index (χ1v) is 15.3. The summed E-state index contributed by atoms with van der Waals surface area (Å²) in [6.45, 7) is 0. The third-order valence-corrected chi connectivity index (χ3v) is 10.3. The molecule has 5 aromatic carbocycles. The normalized spacial score (nSPS) is 12.8. The molecule has 0 bridgehead atoms. The van der Waals surface area contributed by atoms with Crippen molar-refractivity contribution in [1.29, 1.82) is 0 Å². The third-order valence-electron chi connectivity index (χ3n) is 7.75. The summed E-state index contributed by atoms with van der Waals surface area (Å²) < 4.78 is 14.0. The van der Waals surface area contributed by atoms with E-state index in [0.29, 0.717) is 5.92 Å². The number of rotatable bonds is 7. The maximum atomic E-state index is 14.0. The molecular weight excluding hydrogens is 588 g/mol. The van der Waals surface area contributed by atoms with Crippen molar-refractivity contribution in [2.24, 2.45) is 0 Å². The first-order chi connectivity index (χ1) is 19.8. The van der Waals surface area contributed by atoms with Gasteiger partial charge in [-0.15, -0.1) is 17.0 Å². The molecule has 7 rings (SSSR count). The van der Waals surface area contributed by atoms with Gasteiger partial charge < -0.3 is 0 Å². The van der Waals surface area contributed by atoms with E-state index >= 15 is 0 Å². The molecule has 0 radical (unpaired) electrons. The van der Waals surface area contributed by atoms with Gasteiger partial charge in [0.1, 0.15) is 5.82 Å². The zero-order valence-electron chi connectivity index (χ0n) is 22.6. The standard InChI is InChI=1S/C37H29FNP.BrH/c38-29-23-21-26(22-24-29)36-32-16-8-9-17-34(32)39-37(27-19-20-27)33(36)25-28-11-7-10-18-35(28)40(30-12-3-1-4-13-30)31-14-5-2-6-15-31;/h1-18,21-24,27H,19-20,25H2;1H. The molecule has 0 N–H and O–H groups in total. The second kappa shape index (κ2) is 12.1. The SMILES string of the molecule is Br.Fc1ccc(-c2c(Cc3ccccc3P(c3ccccc3)c3ccccc3)c(C3CC3)nc3ccccc23)cc1. The number of benzene rings is 5. The van der Waals surface area contributed by atoms with E-state index in [1.54, 1.807) is 12.1 Å². The molecule has 0 saturated heterocycles. The summed E-state index contributed by atoms with van der Waals surface area (Å²) in [7, 11) is -0.745. The van der Waals surface area contributed by atoms with Crippen molar-refractivity contribution in [3.63, 3.8) is 0 Å². The first-order valence-electron chi connectivity index (χ1n) is 13.9. The van der Waals surface area contributed by atoms with Gasteiger partial charge in [-0.2, -0.15) is 0 Å². The lowest BCUT2D eigenvalue weighted by Gasteiger charge is -2.24. The van der Waals surface area contributed by atoms with Crippen LogP contribution in [-0.2, 0) is 6.42 Å². The predicted octanol–water partition coefficient (Wildman–Crippen LogP) is 8.85. The van der Waals surface area contributed by atoms with E-state index in [2.05, 4.69) is 109 Å². The Hall–Kier alpha value is -3.65. The molecular formula is C37H30BrFNP. The monoisotopic (exact) mass is 617 g/mol. The third kappa shape index (κ3) is 5.62. The Labute approximate surface area is 252 Å². The number of hydrogen-bond donors (Lipinski definition) is 0. The molecule has 0 amide bonds. The van der Waals surface area contributed by atoms with Crippen molar-refractivity contribution < 1.29 is 4.39 Å². The molecule has 1 saturated carbocycles. The molecule has 1 aliphatic rings. The molecule has 41 heavy (non-hydrogen) atoms. The van der Waals surface area contributed by atoms with Crippen molar-refractivity contribution in [2.75, 3.05) is 0 Å². The number of fused-ring (bicyclic) bond motifs is 1. The van der Waals surface area contributed by atoms with Gasteiger partial charge in [0, 0.05) is 23.4 Å². The second-order valence-corrected chi connectivity index (χ2v) is 12.6. The molecule has 1 aliphatic carbocycles. The second-order valence-electron chi connectivity index (χ2n) is 10.5. The summed E-state index contributed by atoms with van der Waals surface area (Å²) in [4.78, 5) is 5.26. The first kappa shape index (κ1) is 27.5. The maximum Gasteiger partial charge on any atom is 0.123 e. The highest BCUT2D eigenvalue weighted by Crippen LogP contribution is 2.46. The van der Waals surface area contributed by atoms with Crippen LogP contribution in [0.2, 0.25) is 0 Å². The van der Waals surface area contributed by atoms with Crippen molar-refractivity contribution in [2.45, 2.75) is 25.2 Å². The summed E-state index contributed by atoms with van der Waals surface area (Å²) in [5.74, 6) is 0.267. The highest BCUT2D eigenvalue weighted by atomic mass is 79.9. The Morgan fingerprint density at radius 2 is 1.24 bits per heavy atom. The van der Waals surface area contributed by atoms with E-state index in [0.717, 1.165) is 22.9 Å². The van der Waals surface area contributed by atoms with E-state index < -0.39 is 7.92 Å². The van der Waals surface area contributed by atoms with E-state index in [-0.39, 0.29) is 22.8 Å². The minimum absolute atomic E-state index is 0. The average Bonchev–Trinajstić information content (AvgIpc) is 3.85. The molecule has 0 atom stereocenters. The average molecular weight is 619 g/mol. The van der Waals surface area contributed by atoms with Crippen molar-refractivity contribution in [1.82, 2.24) is 4.98 Å². The minimum Gasteiger partial charge on any atom is -0.252 e. The van der Waals surface area contributed by atoms with Crippen molar-refractivity contribution in [3.05, 3.63) is 156 Å². The number of pyridine rings is 1. The molecule has 6 aromatic rings. The predicted molar refractivity (Wildman–Crippen MR) is 177 cm³/mol. The summed E-state index contributed by atoms with van der Waals surface area (Å²) in [6, 6.07) is 46.1. The summed E-state index contributed by atoms with van der Waals surface area (Å²) in [5, 5.41) is 5.18. The van der Waals surface area contributed by atoms with E-state index in [4.69, 9.17) is 4.98 Å². The van der Waals surface area contributed by atoms with Crippen LogP contribution in [0.25, 0.3) is 22.0 Å².